The van der Waals surface area contributed by atoms with Gasteiger partial charge in [-0.1, -0.05) is 25.3 Å². The van der Waals surface area contributed by atoms with E-state index in [0.717, 1.165) is 5.69 Å². The van der Waals surface area contributed by atoms with Crippen LogP contribution in [0.25, 0.3) is 0 Å². The second kappa shape index (κ2) is 6.56. The van der Waals surface area contributed by atoms with Crippen molar-refractivity contribution in [3.63, 3.8) is 0 Å². The number of benzene rings is 1. The Hall–Kier alpha value is -1.82. The van der Waals surface area contributed by atoms with E-state index in [-0.39, 0.29) is 11.1 Å². The third kappa shape index (κ3) is 3.84. The fourth-order valence-electron chi connectivity index (χ4n) is 2.71. The molecule has 0 unspecified atom stereocenters. The van der Waals surface area contributed by atoms with Gasteiger partial charge in [-0.25, -0.2) is 4.99 Å². The molecule has 20 heavy (non-hydrogen) atoms. The van der Waals surface area contributed by atoms with E-state index in [4.69, 9.17) is 29.4 Å². The Morgan fingerprint density at radius 1 is 1.15 bits per heavy atom. The van der Waals surface area contributed by atoms with E-state index in [2.05, 4.69) is 16.4 Å². The lowest BCUT2D eigenvalue weighted by atomic mass is 9.84. The average molecular weight is 291 g/mol. The largest absolute Gasteiger partial charge is 0.376 e. The molecule has 0 radical (unpaired) electrons. The minimum absolute atomic E-state index is 0.0248. The molecule has 0 heterocycles. The molecule has 6 heteroatoms. The maximum Gasteiger partial charge on any atom is 0.191 e. The van der Waals surface area contributed by atoms with Crippen LogP contribution in [0.5, 0.6) is 0 Å². The molecule has 1 aliphatic carbocycles. The molecular formula is C14H21N5S. The van der Waals surface area contributed by atoms with Gasteiger partial charge in [0, 0.05) is 0 Å². The highest BCUT2D eigenvalue weighted by Crippen LogP contribution is 2.36. The molecule has 108 valence electrons. The normalized spacial score (nSPS) is 15.6. The Morgan fingerprint density at radius 2 is 1.85 bits per heavy atom. The zero-order valence-corrected chi connectivity index (χ0v) is 12.2. The van der Waals surface area contributed by atoms with Crippen LogP contribution in [0.2, 0.25) is 0 Å². The van der Waals surface area contributed by atoms with Crippen LogP contribution in [-0.2, 0) is 0 Å². The molecule has 7 N–H and O–H groups in total. The summed E-state index contributed by atoms with van der Waals surface area (Å²) < 4.78 is 0. The Labute approximate surface area is 124 Å². The van der Waals surface area contributed by atoms with Crippen molar-refractivity contribution in [1.29, 1.82) is 0 Å². The fourth-order valence-corrected chi connectivity index (χ4v) is 2.82. The third-order valence-electron chi connectivity index (χ3n) is 3.61. The number of hydrogen-bond donors (Lipinski definition) is 4. The molecule has 0 saturated heterocycles. The van der Waals surface area contributed by atoms with Crippen LogP contribution in [0.1, 0.15) is 43.6 Å². The summed E-state index contributed by atoms with van der Waals surface area (Å²) in [4.78, 5) is 4.16. The van der Waals surface area contributed by atoms with Gasteiger partial charge in [0.15, 0.2) is 11.1 Å². The molecule has 0 amide bonds. The first-order chi connectivity index (χ1) is 9.56. The second-order valence-electron chi connectivity index (χ2n) is 5.14. The molecule has 5 nitrogen and oxygen atoms in total. The number of nitrogens with zero attached hydrogens (tertiary/aromatic N) is 1. The number of thiocarbonyl (C=S) groups is 1. The number of nitrogens with two attached hydrogens (primary N) is 3. The van der Waals surface area contributed by atoms with Gasteiger partial charge in [-0.05, 0) is 48.7 Å². The number of aliphatic imine (C=N–C) groups is 1. The topological polar surface area (TPSA) is 102 Å². The van der Waals surface area contributed by atoms with Crippen LogP contribution in [0.15, 0.2) is 23.2 Å². The van der Waals surface area contributed by atoms with E-state index < -0.39 is 0 Å². The maximum atomic E-state index is 5.51. The number of nitrogens with one attached hydrogen (secondary N) is 1. The van der Waals surface area contributed by atoms with Crippen LogP contribution in [0.3, 0.4) is 0 Å². The molecule has 0 aliphatic heterocycles. The van der Waals surface area contributed by atoms with Gasteiger partial charge in [0.1, 0.15) is 0 Å². The molecule has 1 saturated carbocycles. The molecule has 1 aromatic carbocycles. The summed E-state index contributed by atoms with van der Waals surface area (Å²) in [7, 11) is 0. The van der Waals surface area contributed by atoms with Crippen molar-refractivity contribution in [2.75, 3.05) is 5.32 Å². The van der Waals surface area contributed by atoms with Crippen molar-refractivity contribution in [3.8, 4) is 0 Å². The van der Waals surface area contributed by atoms with Gasteiger partial charge in [-0.2, -0.15) is 0 Å². The lowest BCUT2D eigenvalue weighted by molar-refractivity contribution is 0.444. The van der Waals surface area contributed by atoms with E-state index in [1.54, 1.807) is 0 Å². The van der Waals surface area contributed by atoms with Gasteiger partial charge < -0.3 is 22.5 Å². The molecule has 1 aromatic rings. The molecule has 0 bridgehead atoms. The highest BCUT2D eigenvalue weighted by Gasteiger charge is 2.16. The number of anilines is 1. The van der Waals surface area contributed by atoms with Gasteiger partial charge in [0.25, 0.3) is 0 Å². The highest BCUT2D eigenvalue weighted by molar-refractivity contribution is 7.80. The molecule has 1 fully saturated rings. The van der Waals surface area contributed by atoms with Crippen molar-refractivity contribution in [3.05, 3.63) is 23.8 Å². The molecular weight excluding hydrogens is 270 g/mol. The zero-order chi connectivity index (χ0) is 14.5. The van der Waals surface area contributed by atoms with Crippen LogP contribution in [0.4, 0.5) is 11.4 Å². The quantitative estimate of drug-likeness (QED) is 0.389. The summed E-state index contributed by atoms with van der Waals surface area (Å²) in [6.45, 7) is 0. The lowest BCUT2D eigenvalue weighted by Gasteiger charge is -2.22. The minimum Gasteiger partial charge on any atom is -0.376 e. The fraction of sp³-hybridized carbons (Fsp3) is 0.429. The summed E-state index contributed by atoms with van der Waals surface area (Å²) in [5.74, 6) is 0.618. The average Bonchev–Trinajstić information content (AvgIpc) is 2.40. The number of hydrogen-bond acceptors (Lipinski definition) is 2. The van der Waals surface area contributed by atoms with Crippen molar-refractivity contribution in [2.45, 2.75) is 38.0 Å². The lowest BCUT2D eigenvalue weighted by Crippen LogP contribution is -2.23. The van der Waals surface area contributed by atoms with Gasteiger partial charge in [-0.15, -0.1) is 0 Å². The van der Waals surface area contributed by atoms with E-state index in [0.29, 0.717) is 11.6 Å². The van der Waals surface area contributed by atoms with Gasteiger partial charge >= 0.3 is 0 Å². The molecule has 0 atom stereocenters. The summed E-state index contributed by atoms with van der Waals surface area (Å²) in [6, 6.07) is 6.06. The van der Waals surface area contributed by atoms with Crippen LogP contribution in [-0.4, -0.2) is 11.1 Å². The van der Waals surface area contributed by atoms with Crippen LogP contribution < -0.4 is 22.5 Å². The molecule has 1 aliphatic rings. The maximum absolute atomic E-state index is 5.51. The predicted octanol–water partition coefficient (Wildman–Crippen LogP) is 2.29. The Kier molecular flexibility index (Phi) is 4.79. The van der Waals surface area contributed by atoms with E-state index in [9.17, 15) is 0 Å². The van der Waals surface area contributed by atoms with Gasteiger partial charge in [0.05, 0.1) is 11.4 Å². The Balaban J connectivity index is 2.31. The monoisotopic (exact) mass is 291 g/mol. The standard InChI is InChI=1S/C14H21N5S/c15-13(16)18-12-8-10(9-4-2-1-3-5-9)6-7-11(12)19-14(17)20/h6-9H,1-5H2,(H4,15,16,18)(H3,17,19,20). The Bertz CT molecular complexity index is 516. The van der Waals surface area contributed by atoms with Gasteiger partial charge in [-0.3, -0.25) is 0 Å². The first kappa shape index (κ1) is 14.6. The van der Waals surface area contributed by atoms with E-state index in [1.807, 2.05) is 12.1 Å². The minimum atomic E-state index is 0.0248. The zero-order valence-electron chi connectivity index (χ0n) is 11.4. The van der Waals surface area contributed by atoms with E-state index >= 15 is 0 Å². The van der Waals surface area contributed by atoms with Crippen molar-refractivity contribution in [2.24, 2.45) is 22.2 Å². The first-order valence-electron chi connectivity index (χ1n) is 6.86. The number of guanidine groups is 1. The summed E-state index contributed by atoms with van der Waals surface area (Å²) in [5, 5.41) is 3.10. The smallest absolute Gasteiger partial charge is 0.191 e. The SMILES string of the molecule is NC(=S)Nc1ccc(C2CCCCC2)cc1N=C(N)N. The third-order valence-corrected chi connectivity index (χ3v) is 3.71. The van der Waals surface area contributed by atoms with Crippen molar-refractivity contribution >= 4 is 34.7 Å². The van der Waals surface area contributed by atoms with Crippen molar-refractivity contribution in [1.82, 2.24) is 0 Å². The molecule has 2 rings (SSSR count). The summed E-state index contributed by atoms with van der Waals surface area (Å²) in [6.07, 6.45) is 6.36. The Morgan fingerprint density at radius 3 is 2.45 bits per heavy atom. The molecule has 0 spiro atoms. The van der Waals surface area contributed by atoms with Gasteiger partial charge in [0.2, 0.25) is 0 Å². The number of rotatable bonds is 3. The molecule has 0 aromatic heterocycles. The highest BCUT2D eigenvalue weighted by atomic mass is 32.1. The second-order valence-corrected chi connectivity index (χ2v) is 5.58. The first-order valence-corrected chi connectivity index (χ1v) is 7.27. The van der Waals surface area contributed by atoms with Crippen LogP contribution >= 0.6 is 12.2 Å². The summed E-state index contributed by atoms with van der Waals surface area (Å²) >= 11 is 4.86. The van der Waals surface area contributed by atoms with E-state index in [1.165, 1.54) is 37.7 Å². The van der Waals surface area contributed by atoms with Crippen molar-refractivity contribution < 1.29 is 0 Å². The van der Waals surface area contributed by atoms with Crippen LogP contribution in [0, 0.1) is 0 Å². The predicted molar refractivity (Wildman–Crippen MR) is 88.1 cm³/mol. The summed E-state index contributed by atoms with van der Waals surface area (Å²) in [5.41, 5.74) is 19.2.